The van der Waals surface area contributed by atoms with Crippen LogP contribution in [0.1, 0.15) is 12.0 Å². The summed E-state index contributed by atoms with van der Waals surface area (Å²) in [5, 5.41) is 19.2. The lowest BCUT2D eigenvalue weighted by atomic mass is 10.2. The average Bonchev–Trinajstić information content (AvgIpc) is 2.73. The number of aliphatic carboxylic acids is 1. The van der Waals surface area contributed by atoms with E-state index in [1.807, 2.05) is 0 Å². The molecule has 0 aromatic heterocycles. The van der Waals surface area contributed by atoms with Crippen LogP contribution in [0.25, 0.3) is 0 Å². The average molecular weight is 346 g/mol. The Morgan fingerprint density at radius 3 is 2.86 bits per heavy atom. The van der Waals surface area contributed by atoms with Crippen molar-refractivity contribution in [2.24, 2.45) is 10.2 Å². The van der Waals surface area contributed by atoms with Gasteiger partial charge in [-0.25, -0.2) is 0 Å². The Morgan fingerprint density at radius 2 is 2.19 bits per heavy atom. The van der Waals surface area contributed by atoms with Crippen LogP contribution in [0.2, 0.25) is 10.0 Å². The largest absolute Gasteiger partial charge is 0.481 e. The fraction of sp³-hybridized carbons (Fsp3) is 0.167. The van der Waals surface area contributed by atoms with Gasteiger partial charge in [-0.3, -0.25) is 9.59 Å². The third kappa shape index (κ3) is 4.45. The van der Waals surface area contributed by atoms with Crippen LogP contribution in [-0.2, 0) is 9.59 Å². The molecule has 1 aliphatic rings. The van der Waals surface area contributed by atoms with Crippen molar-refractivity contribution in [1.29, 1.82) is 0 Å². The molecule has 0 spiro atoms. The summed E-state index contributed by atoms with van der Waals surface area (Å²) < 4.78 is 0. The first-order valence-corrected chi connectivity index (χ1v) is 7.34. The maximum atomic E-state index is 11.5. The minimum atomic E-state index is -1.04. The van der Waals surface area contributed by atoms with Gasteiger partial charge in [-0.05, 0) is 17.7 Å². The smallest absolute Gasteiger partial charge is 0.305 e. The van der Waals surface area contributed by atoms with Gasteiger partial charge in [0.2, 0.25) is 5.91 Å². The first kappa shape index (κ1) is 15.8. The van der Waals surface area contributed by atoms with Crippen LogP contribution < -0.4 is 5.32 Å². The number of amides is 1. The summed E-state index contributed by atoms with van der Waals surface area (Å²) in [6.45, 7) is 0. The van der Waals surface area contributed by atoms with E-state index in [0.717, 1.165) is 11.8 Å². The van der Waals surface area contributed by atoms with Crippen molar-refractivity contribution >= 4 is 58.2 Å². The lowest BCUT2D eigenvalue weighted by Crippen LogP contribution is -2.26. The summed E-state index contributed by atoms with van der Waals surface area (Å²) in [7, 11) is 0. The number of nitrogens with one attached hydrogen (secondary N) is 1. The quantitative estimate of drug-likeness (QED) is 0.647. The number of rotatable bonds is 4. The second-order valence-corrected chi connectivity index (χ2v) is 6.02. The molecule has 1 amide bonds. The number of carbonyl (C=O) groups is 2. The van der Waals surface area contributed by atoms with Crippen LogP contribution in [0.5, 0.6) is 0 Å². The van der Waals surface area contributed by atoms with E-state index in [-0.39, 0.29) is 17.5 Å². The van der Waals surface area contributed by atoms with E-state index in [1.165, 1.54) is 6.21 Å². The van der Waals surface area contributed by atoms with Crippen molar-refractivity contribution in [3.05, 3.63) is 33.8 Å². The third-order valence-electron chi connectivity index (χ3n) is 2.44. The number of carboxylic acid groups (broad SMARTS) is 1. The zero-order chi connectivity index (χ0) is 15.4. The van der Waals surface area contributed by atoms with Gasteiger partial charge in [-0.1, -0.05) is 41.0 Å². The molecule has 0 saturated carbocycles. The number of amidine groups is 1. The molecule has 1 fully saturated rings. The van der Waals surface area contributed by atoms with Crippen LogP contribution in [0.3, 0.4) is 0 Å². The zero-order valence-electron chi connectivity index (χ0n) is 10.4. The molecule has 1 heterocycles. The zero-order valence-corrected chi connectivity index (χ0v) is 12.7. The second kappa shape index (κ2) is 6.93. The van der Waals surface area contributed by atoms with Gasteiger partial charge in [-0.2, -0.15) is 5.10 Å². The van der Waals surface area contributed by atoms with Gasteiger partial charge in [-0.15, -0.1) is 5.10 Å². The van der Waals surface area contributed by atoms with Crippen LogP contribution in [0.4, 0.5) is 0 Å². The maximum Gasteiger partial charge on any atom is 0.305 e. The van der Waals surface area contributed by atoms with E-state index in [1.54, 1.807) is 18.2 Å². The Labute approximate surface area is 134 Å². The van der Waals surface area contributed by atoms with Crippen molar-refractivity contribution in [2.75, 3.05) is 0 Å². The molecule has 2 rings (SSSR count). The van der Waals surface area contributed by atoms with Gasteiger partial charge in [0, 0.05) is 0 Å². The summed E-state index contributed by atoms with van der Waals surface area (Å²) in [6.07, 6.45) is 1.19. The molecule has 0 bridgehead atoms. The summed E-state index contributed by atoms with van der Waals surface area (Å²) >= 11 is 12.7. The summed E-state index contributed by atoms with van der Waals surface area (Å²) in [5.74, 6) is -1.42. The molecule has 110 valence electrons. The molecule has 9 heteroatoms. The van der Waals surface area contributed by atoms with Gasteiger partial charge in [0.05, 0.1) is 22.7 Å². The highest BCUT2D eigenvalue weighted by Crippen LogP contribution is 2.23. The van der Waals surface area contributed by atoms with Crippen molar-refractivity contribution in [1.82, 2.24) is 5.32 Å². The van der Waals surface area contributed by atoms with Crippen LogP contribution in [0.15, 0.2) is 28.4 Å². The Bertz CT molecular complexity index is 649. The van der Waals surface area contributed by atoms with E-state index in [9.17, 15) is 9.59 Å². The Kier molecular flexibility index (Phi) is 5.22. The number of halogens is 2. The van der Waals surface area contributed by atoms with Crippen molar-refractivity contribution in [2.45, 2.75) is 11.7 Å². The molecular weight excluding hydrogens is 337 g/mol. The summed E-state index contributed by atoms with van der Waals surface area (Å²) in [6, 6.07) is 4.97. The minimum Gasteiger partial charge on any atom is -0.481 e. The highest BCUT2D eigenvalue weighted by molar-refractivity contribution is 8.15. The molecule has 21 heavy (non-hydrogen) atoms. The van der Waals surface area contributed by atoms with E-state index < -0.39 is 11.2 Å². The molecule has 1 aromatic rings. The molecule has 0 aliphatic carbocycles. The van der Waals surface area contributed by atoms with Crippen molar-refractivity contribution in [3.63, 3.8) is 0 Å². The molecule has 6 nitrogen and oxygen atoms in total. The molecule has 1 aliphatic heterocycles. The SMILES string of the molecule is O=C(O)CC1SC(=NN=Cc2ccc(Cl)c(Cl)c2)NC1=O. The van der Waals surface area contributed by atoms with E-state index in [2.05, 4.69) is 15.5 Å². The summed E-state index contributed by atoms with van der Waals surface area (Å²) in [5.41, 5.74) is 0.699. The predicted octanol–water partition coefficient (Wildman–Crippen LogP) is 2.39. The fourth-order valence-corrected chi connectivity index (χ4v) is 2.71. The van der Waals surface area contributed by atoms with Crippen LogP contribution >= 0.6 is 35.0 Å². The van der Waals surface area contributed by atoms with Crippen LogP contribution in [-0.4, -0.2) is 33.6 Å². The fourth-order valence-electron chi connectivity index (χ4n) is 1.49. The lowest BCUT2D eigenvalue weighted by molar-refractivity contribution is -0.138. The summed E-state index contributed by atoms with van der Waals surface area (Å²) in [4.78, 5) is 22.1. The normalized spacial score (nSPS) is 20.2. The van der Waals surface area contributed by atoms with E-state index >= 15 is 0 Å². The standard InChI is InChI=1S/C12H9Cl2N3O3S/c13-7-2-1-6(3-8(7)14)5-15-17-12-16-11(20)9(21-12)4-10(18)19/h1-3,5,9H,4H2,(H,18,19)(H,16,17,20). The lowest BCUT2D eigenvalue weighted by Gasteiger charge is -1.98. The number of nitrogens with zero attached hydrogens (tertiary/aromatic N) is 2. The number of carboxylic acids is 1. The molecule has 2 N–H and O–H groups in total. The van der Waals surface area contributed by atoms with Gasteiger partial charge in [0.15, 0.2) is 5.17 Å². The topological polar surface area (TPSA) is 91.1 Å². The molecule has 1 atom stereocenters. The van der Waals surface area contributed by atoms with Gasteiger partial charge in [0.1, 0.15) is 5.25 Å². The minimum absolute atomic E-state index is 0.258. The number of thioether (sulfide) groups is 1. The number of hydrogen-bond donors (Lipinski definition) is 2. The molecule has 1 unspecified atom stereocenters. The third-order valence-corrected chi connectivity index (χ3v) is 4.25. The van der Waals surface area contributed by atoms with Crippen molar-refractivity contribution < 1.29 is 14.7 Å². The van der Waals surface area contributed by atoms with Crippen LogP contribution in [0, 0.1) is 0 Å². The molecule has 1 aromatic carbocycles. The first-order chi connectivity index (χ1) is 9.95. The van der Waals surface area contributed by atoms with Crippen molar-refractivity contribution in [3.8, 4) is 0 Å². The highest BCUT2D eigenvalue weighted by atomic mass is 35.5. The second-order valence-electron chi connectivity index (χ2n) is 4.02. The molecule has 0 radical (unpaired) electrons. The first-order valence-electron chi connectivity index (χ1n) is 5.71. The van der Waals surface area contributed by atoms with Gasteiger partial charge < -0.3 is 10.4 Å². The molecule has 1 saturated heterocycles. The van der Waals surface area contributed by atoms with Gasteiger partial charge in [0.25, 0.3) is 0 Å². The number of benzene rings is 1. The Hall–Kier alpha value is -1.57. The Morgan fingerprint density at radius 1 is 1.43 bits per heavy atom. The Balaban J connectivity index is 2.01. The molecular formula is C12H9Cl2N3O3S. The highest BCUT2D eigenvalue weighted by Gasteiger charge is 2.32. The van der Waals surface area contributed by atoms with E-state index in [0.29, 0.717) is 15.6 Å². The number of hydrogen-bond acceptors (Lipinski definition) is 5. The number of carbonyl (C=O) groups excluding carboxylic acids is 1. The van der Waals surface area contributed by atoms with Gasteiger partial charge >= 0.3 is 5.97 Å². The maximum absolute atomic E-state index is 11.5. The monoisotopic (exact) mass is 345 g/mol. The predicted molar refractivity (Wildman–Crippen MR) is 83.3 cm³/mol. The van der Waals surface area contributed by atoms with E-state index in [4.69, 9.17) is 28.3 Å².